The number of amides is 3. The second-order valence-electron chi connectivity index (χ2n) is 4.97. The van der Waals surface area contributed by atoms with Crippen molar-refractivity contribution in [2.75, 3.05) is 31.5 Å². The van der Waals surface area contributed by atoms with Crippen LogP contribution in [0.5, 0.6) is 0 Å². The first-order valence-electron chi connectivity index (χ1n) is 6.53. The molecule has 1 aliphatic rings. The number of hydrogen-bond acceptors (Lipinski definition) is 2. The molecular weight excluding hydrogens is 322 g/mol. The molecule has 6 heteroatoms. The Morgan fingerprint density at radius 3 is 2.25 bits per heavy atom. The number of rotatable bonds is 2. The maximum atomic E-state index is 12.2. The highest BCUT2D eigenvalue weighted by Gasteiger charge is 2.21. The summed E-state index contributed by atoms with van der Waals surface area (Å²) in [6.45, 7) is 6.26. The first kappa shape index (κ1) is 14.8. The molecule has 2 rings (SSSR count). The summed E-state index contributed by atoms with van der Waals surface area (Å²) < 4.78 is 1.00. The second kappa shape index (κ2) is 6.26. The van der Waals surface area contributed by atoms with Gasteiger partial charge in [-0.1, -0.05) is 15.9 Å². The highest BCUT2D eigenvalue weighted by atomic mass is 79.9. The van der Waals surface area contributed by atoms with E-state index >= 15 is 0 Å². The zero-order chi connectivity index (χ0) is 14.7. The van der Waals surface area contributed by atoms with Crippen molar-refractivity contribution < 1.29 is 9.59 Å². The van der Waals surface area contributed by atoms with Crippen molar-refractivity contribution in [2.45, 2.75) is 13.8 Å². The number of piperazine rings is 1. The maximum Gasteiger partial charge on any atom is 0.321 e. The number of halogens is 1. The molecule has 0 atom stereocenters. The number of nitrogens with one attached hydrogen (secondary N) is 1. The topological polar surface area (TPSA) is 52.7 Å². The Bertz CT molecular complexity index is 502. The van der Waals surface area contributed by atoms with Crippen LogP contribution >= 0.6 is 15.9 Å². The van der Waals surface area contributed by atoms with Crippen LogP contribution in [0.25, 0.3) is 0 Å². The largest absolute Gasteiger partial charge is 0.342 e. The predicted molar refractivity (Wildman–Crippen MR) is 81.8 cm³/mol. The van der Waals surface area contributed by atoms with Crippen LogP contribution in [0.4, 0.5) is 10.5 Å². The van der Waals surface area contributed by atoms with Crippen LogP contribution in [0.3, 0.4) is 0 Å². The Morgan fingerprint density at radius 1 is 1.20 bits per heavy atom. The van der Waals surface area contributed by atoms with Crippen molar-refractivity contribution >= 4 is 34.1 Å². The molecule has 1 aromatic rings. The van der Waals surface area contributed by atoms with Gasteiger partial charge in [0.05, 0.1) is 0 Å². The van der Waals surface area contributed by atoms with Crippen LogP contribution in [-0.2, 0) is 4.79 Å². The van der Waals surface area contributed by atoms with Crippen LogP contribution in [0, 0.1) is 13.8 Å². The highest BCUT2D eigenvalue weighted by Crippen LogP contribution is 2.25. The molecule has 1 fully saturated rings. The summed E-state index contributed by atoms with van der Waals surface area (Å²) in [7, 11) is 0. The third-order valence-corrected chi connectivity index (χ3v) is 3.94. The number of urea groups is 1. The molecule has 0 aromatic heterocycles. The summed E-state index contributed by atoms with van der Waals surface area (Å²) in [5, 5.41) is 2.97. The fourth-order valence-corrected chi connectivity index (χ4v) is 3.01. The molecule has 0 spiro atoms. The molecule has 1 aliphatic heterocycles. The third-order valence-electron chi connectivity index (χ3n) is 3.48. The number of benzene rings is 1. The van der Waals surface area contributed by atoms with Crippen LogP contribution in [-0.4, -0.2) is 48.4 Å². The van der Waals surface area contributed by atoms with Gasteiger partial charge in [0.2, 0.25) is 6.41 Å². The Balaban J connectivity index is 2.04. The summed E-state index contributed by atoms with van der Waals surface area (Å²) in [5.74, 6) is 0. The normalized spacial score (nSPS) is 15.2. The molecule has 1 heterocycles. The van der Waals surface area contributed by atoms with Crippen LogP contribution in [0.2, 0.25) is 0 Å². The molecule has 0 bridgehead atoms. The molecule has 0 aliphatic carbocycles. The van der Waals surface area contributed by atoms with Crippen molar-refractivity contribution in [3.05, 3.63) is 27.7 Å². The van der Waals surface area contributed by atoms with E-state index < -0.39 is 0 Å². The molecule has 1 aromatic carbocycles. The van der Waals surface area contributed by atoms with Gasteiger partial charge in [0, 0.05) is 36.3 Å². The van der Waals surface area contributed by atoms with E-state index in [-0.39, 0.29) is 6.03 Å². The zero-order valence-electron chi connectivity index (χ0n) is 11.6. The van der Waals surface area contributed by atoms with E-state index in [4.69, 9.17) is 0 Å². The average Bonchev–Trinajstić information content (AvgIpc) is 2.42. The third kappa shape index (κ3) is 3.30. The average molecular weight is 340 g/mol. The van der Waals surface area contributed by atoms with Crippen molar-refractivity contribution in [2.24, 2.45) is 0 Å². The zero-order valence-corrected chi connectivity index (χ0v) is 13.2. The minimum atomic E-state index is -0.107. The molecule has 0 saturated carbocycles. The lowest BCUT2D eigenvalue weighted by atomic mass is 10.1. The van der Waals surface area contributed by atoms with E-state index in [0.29, 0.717) is 26.2 Å². The van der Waals surface area contributed by atoms with Gasteiger partial charge in [-0.25, -0.2) is 4.79 Å². The van der Waals surface area contributed by atoms with Crippen LogP contribution in [0.1, 0.15) is 11.1 Å². The van der Waals surface area contributed by atoms with Gasteiger partial charge in [0.1, 0.15) is 0 Å². The maximum absolute atomic E-state index is 12.2. The molecule has 3 amide bonds. The van der Waals surface area contributed by atoms with E-state index in [1.165, 1.54) is 0 Å². The van der Waals surface area contributed by atoms with Crippen molar-refractivity contribution in [3.8, 4) is 0 Å². The first-order valence-corrected chi connectivity index (χ1v) is 7.32. The Hall–Kier alpha value is -1.56. The van der Waals surface area contributed by atoms with Crippen molar-refractivity contribution in [1.29, 1.82) is 0 Å². The summed E-state index contributed by atoms with van der Waals surface area (Å²) in [4.78, 5) is 26.3. The minimum absolute atomic E-state index is 0.107. The second-order valence-corrected chi connectivity index (χ2v) is 5.89. The lowest BCUT2D eigenvalue weighted by molar-refractivity contribution is -0.119. The molecule has 1 N–H and O–H groups in total. The number of anilines is 1. The van der Waals surface area contributed by atoms with Crippen molar-refractivity contribution in [1.82, 2.24) is 9.80 Å². The summed E-state index contributed by atoms with van der Waals surface area (Å²) in [5.41, 5.74) is 2.91. The summed E-state index contributed by atoms with van der Waals surface area (Å²) in [6, 6.07) is 3.85. The Labute approximate surface area is 127 Å². The van der Waals surface area contributed by atoms with E-state index in [0.717, 1.165) is 27.7 Å². The van der Waals surface area contributed by atoms with Gasteiger partial charge in [-0.3, -0.25) is 4.79 Å². The molecular formula is C14H18BrN3O2. The lowest BCUT2D eigenvalue weighted by Crippen LogP contribution is -2.49. The number of hydrogen-bond donors (Lipinski definition) is 1. The fourth-order valence-electron chi connectivity index (χ4n) is 2.32. The standard InChI is InChI=1S/C14H18BrN3O2/c1-10-7-12(15)8-11(2)13(10)16-14(20)18-5-3-17(9-19)4-6-18/h7-9H,3-6H2,1-2H3,(H,16,20). The van der Waals surface area contributed by atoms with Gasteiger partial charge in [-0.05, 0) is 37.1 Å². The SMILES string of the molecule is Cc1cc(Br)cc(C)c1NC(=O)N1CCN(C=O)CC1. The highest BCUT2D eigenvalue weighted by molar-refractivity contribution is 9.10. The van der Waals surface area contributed by atoms with E-state index in [1.54, 1.807) is 9.80 Å². The molecule has 1 saturated heterocycles. The number of aryl methyl sites for hydroxylation is 2. The Morgan fingerprint density at radius 2 is 1.75 bits per heavy atom. The molecule has 20 heavy (non-hydrogen) atoms. The Kier molecular flexibility index (Phi) is 4.65. The number of carbonyl (C=O) groups excluding carboxylic acids is 2. The smallest absolute Gasteiger partial charge is 0.321 e. The molecule has 0 radical (unpaired) electrons. The van der Waals surface area contributed by atoms with Gasteiger partial charge >= 0.3 is 6.03 Å². The fraction of sp³-hybridized carbons (Fsp3) is 0.429. The van der Waals surface area contributed by atoms with Gasteiger partial charge in [-0.15, -0.1) is 0 Å². The van der Waals surface area contributed by atoms with Gasteiger partial charge in [-0.2, -0.15) is 0 Å². The van der Waals surface area contributed by atoms with E-state index in [1.807, 2.05) is 26.0 Å². The summed E-state index contributed by atoms with van der Waals surface area (Å²) >= 11 is 3.44. The van der Waals surface area contributed by atoms with Crippen LogP contribution < -0.4 is 5.32 Å². The molecule has 0 unspecified atom stereocenters. The number of carbonyl (C=O) groups is 2. The summed E-state index contributed by atoms with van der Waals surface area (Å²) in [6.07, 6.45) is 0.832. The van der Waals surface area contributed by atoms with Crippen LogP contribution in [0.15, 0.2) is 16.6 Å². The van der Waals surface area contributed by atoms with Crippen molar-refractivity contribution in [3.63, 3.8) is 0 Å². The van der Waals surface area contributed by atoms with E-state index in [9.17, 15) is 9.59 Å². The first-order chi connectivity index (χ1) is 9.51. The lowest BCUT2D eigenvalue weighted by Gasteiger charge is -2.32. The van der Waals surface area contributed by atoms with Gasteiger partial charge < -0.3 is 15.1 Å². The van der Waals surface area contributed by atoms with Gasteiger partial charge in [0.25, 0.3) is 0 Å². The van der Waals surface area contributed by atoms with Gasteiger partial charge in [0.15, 0.2) is 0 Å². The predicted octanol–water partition coefficient (Wildman–Crippen LogP) is 2.37. The van der Waals surface area contributed by atoms with E-state index in [2.05, 4.69) is 21.2 Å². The monoisotopic (exact) mass is 339 g/mol. The molecule has 108 valence electrons. The molecule has 5 nitrogen and oxygen atoms in total. The minimum Gasteiger partial charge on any atom is -0.342 e. The number of nitrogens with zero attached hydrogens (tertiary/aromatic N) is 2. The quantitative estimate of drug-likeness (QED) is 0.841.